The van der Waals surface area contributed by atoms with Gasteiger partial charge < -0.3 is 5.73 Å². The molecule has 0 radical (unpaired) electrons. The third kappa shape index (κ3) is 6.02. The molecular weight excluding hydrogens is 226 g/mol. The van der Waals surface area contributed by atoms with E-state index >= 15 is 0 Å². The maximum atomic E-state index is 5.95. The van der Waals surface area contributed by atoms with Gasteiger partial charge in [-0.05, 0) is 36.8 Å². The summed E-state index contributed by atoms with van der Waals surface area (Å²) in [6.07, 6.45) is 8.17. The highest BCUT2D eigenvalue weighted by Crippen LogP contribution is 2.27. The minimum Gasteiger partial charge on any atom is -0.398 e. The molecule has 0 aliphatic carbocycles. The van der Waals surface area contributed by atoms with E-state index in [0.717, 1.165) is 5.69 Å². The monoisotopic (exact) mass is 251 g/mol. The van der Waals surface area contributed by atoms with Crippen molar-refractivity contribution in [1.29, 1.82) is 0 Å². The second-order valence-electron chi connectivity index (χ2n) is 4.66. The zero-order chi connectivity index (χ0) is 12.5. The van der Waals surface area contributed by atoms with Gasteiger partial charge in [0.15, 0.2) is 0 Å². The van der Waals surface area contributed by atoms with Crippen LogP contribution < -0.4 is 5.73 Å². The summed E-state index contributed by atoms with van der Waals surface area (Å²) in [5, 5.41) is 0. The highest BCUT2D eigenvalue weighted by Gasteiger charge is 2.00. The van der Waals surface area contributed by atoms with Crippen LogP contribution >= 0.6 is 11.8 Å². The van der Waals surface area contributed by atoms with E-state index < -0.39 is 0 Å². The van der Waals surface area contributed by atoms with Gasteiger partial charge in [-0.1, -0.05) is 45.1 Å². The zero-order valence-electron chi connectivity index (χ0n) is 11.2. The van der Waals surface area contributed by atoms with Crippen LogP contribution in [0.15, 0.2) is 23.1 Å². The summed E-state index contributed by atoms with van der Waals surface area (Å²) in [6.45, 7) is 4.38. The number of nitrogen functional groups attached to an aromatic ring is 1. The van der Waals surface area contributed by atoms with Crippen LogP contribution in [0, 0.1) is 6.92 Å². The van der Waals surface area contributed by atoms with Crippen molar-refractivity contribution in [3.63, 3.8) is 0 Å². The Labute approximate surface area is 110 Å². The smallest absolute Gasteiger partial charge is 0.0452 e. The predicted molar refractivity (Wildman–Crippen MR) is 79.7 cm³/mol. The molecule has 0 aliphatic heterocycles. The first-order valence-corrected chi connectivity index (χ1v) is 7.71. The van der Waals surface area contributed by atoms with Crippen molar-refractivity contribution < 1.29 is 0 Å². The number of aryl methyl sites for hydroxylation is 1. The van der Waals surface area contributed by atoms with Gasteiger partial charge in [-0.15, -0.1) is 11.8 Å². The van der Waals surface area contributed by atoms with E-state index in [1.54, 1.807) is 0 Å². The van der Waals surface area contributed by atoms with Gasteiger partial charge >= 0.3 is 0 Å². The summed E-state index contributed by atoms with van der Waals surface area (Å²) in [5.74, 6) is 1.19. The Hall–Kier alpha value is -0.630. The largest absolute Gasteiger partial charge is 0.398 e. The zero-order valence-corrected chi connectivity index (χ0v) is 12.0. The molecule has 0 heterocycles. The molecule has 17 heavy (non-hydrogen) atoms. The molecule has 2 heteroatoms. The summed E-state index contributed by atoms with van der Waals surface area (Å²) in [5.41, 5.74) is 8.17. The highest BCUT2D eigenvalue weighted by molar-refractivity contribution is 7.99. The van der Waals surface area contributed by atoms with Gasteiger partial charge in [-0.25, -0.2) is 0 Å². The van der Waals surface area contributed by atoms with Gasteiger partial charge in [0.05, 0.1) is 0 Å². The average Bonchev–Trinajstić information content (AvgIpc) is 2.32. The first-order valence-electron chi connectivity index (χ1n) is 6.73. The van der Waals surface area contributed by atoms with Crippen LogP contribution in [-0.4, -0.2) is 5.75 Å². The average molecular weight is 251 g/mol. The van der Waals surface area contributed by atoms with Crippen LogP contribution in [0.2, 0.25) is 0 Å². The number of nitrogens with two attached hydrogens (primary N) is 1. The highest BCUT2D eigenvalue weighted by atomic mass is 32.2. The standard InChI is InChI=1S/C15H25NS/c1-3-4-5-6-7-8-11-17-15-12-13(2)9-10-14(15)16/h9-10,12H,3-8,11,16H2,1-2H3. The van der Waals surface area contributed by atoms with Gasteiger partial charge in [0.25, 0.3) is 0 Å². The summed E-state index contributed by atoms with van der Waals surface area (Å²) < 4.78 is 0. The minimum atomic E-state index is 0.923. The second-order valence-corrected chi connectivity index (χ2v) is 5.79. The van der Waals surface area contributed by atoms with Crippen LogP contribution in [0.1, 0.15) is 51.0 Å². The molecule has 1 nitrogen and oxygen atoms in total. The Morgan fingerprint density at radius 1 is 1.06 bits per heavy atom. The molecule has 1 aromatic carbocycles. The lowest BCUT2D eigenvalue weighted by atomic mass is 10.1. The molecule has 1 rings (SSSR count). The van der Waals surface area contributed by atoms with Gasteiger partial charge in [-0.2, -0.15) is 0 Å². The first kappa shape index (κ1) is 14.4. The number of hydrogen-bond donors (Lipinski definition) is 1. The molecule has 96 valence electrons. The summed E-state index contributed by atoms with van der Waals surface area (Å²) >= 11 is 1.90. The number of unbranched alkanes of at least 4 members (excludes halogenated alkanes) is 5. The fourth-order valence-corrected chi connectivity index (χ4v) is 2.90. The van der Waals surface area contributed by atoms with E-state index in [-0.39, 0.29) is 0 Å². The Balaban J connectivity index is 2.15. The van der Waals surface area contributed by atoms with E-state index in [1.807, 2.05) is 17.8 Å². The maximum absolute atomic E-state index is 5.95. The Morgan fingerprint density at radius 3 is 2.53 bits per heavy atom. The van der Waals surface area contributed by atoms with Gasteiger partial charge in [0, 0.05) is 10.6 Å². The Morgan fingerprint density at radius 2 is 1.76 bits per heavy atom. The number of anilines is 1. The SMILES string of the molecule is CCCCCCCCSc1cc(C)ccc1N. The predicted octanol–water partition coefficient (Wildman–Crippen LogP) is 5.03. The first-order chi connectivity index (χ1) is 8.24. The van der Waals surface area contributed by atoms with E-state index in [4.69, 9.17) is 5.73 Å². The van der Waals surface area contributed by atoms with Gasteiger partial charge in [0.1, 0.15) is 0 Å². The minimum absolute atomic E-state index is 0.923. The molecule has 0 unspecified atom stereocenters. The van der Waals surface area contributed by atoms with Crippen molar-refractivity contribution in [2.45, 2.75) is 57.3 Å². The molecule has 0 atom stereocenters. The number of rotatable bonds is 8. The van der Waals surface area contributed by atoms with E-state index in [1.165, 1.54) is 54.7 Å². The molecule has 0 fully saturated rings. The molecular formula is C15H25NS. The van der Waals surface area contributed by atoms with Crippen molar-refractivity contribution >= 4 is 17.4 Å². The van der Waals surface area contributed by atoms with Crippen LogP contribution in [-0.2, 0) is 0 Å². The molecule has 0 saturated heterocycles. The van der Waals surface area contributed by atoms with Crippen LogP contribution in [0.3, 0.4) is 0 Å². The van der Waals surface area contributed by atoms with Crippen LogP contribution in [0.4, 0.5) is 5.69 Å². The van der Waals surface area contributed by atoms with Crippen molar-refractivity contribution in [3.8, 4) is 0 Å². The molecule has 2 N–H and O–H groups in total. The second kappa shape index (κ2) is 8.46. The van der Waals surface area contributed by atoms with Crippen LogP contribution in [0.25, 0.3) is 0 Å². The molecule has 0 spiro atoms. The lowest BCUT2D eigenvalue weighted by Gasteiger charge is -2.06. The summed E-state index contributed by atoms with van der Waals surface area (Å²) in [4.78, 5) is 1.25. The number of hydrogen-bond acceptors (Lipinski definition) is 2. The van der Waals surface area contributed by atoms with Crippen molar-refractivity contribution in [2.24, 2.45) is 0 Å². The topological polar surface area (TPSA) is 26.0 Å². The van der Waals surface area contributed by atoms with Crippen molar-refractivity contribution in [1.82, 2.24) is 0 Å². The lowest BCUT2D eigenvalue weighted by molar-refractivity contribution is 0.627. The van der Waals surface area contributed by atoms with E-state index in [2.05, 4.69) is 26.0 Å². The Kier molecular flexibility index (Phi) is 7.18. The number of thioether (sulfide) groups is 1. The molecule has 0 amide bonds. The summed E-state index contributed by atoms with van der Waals surface area (Å²) in [6, 6.07) is 6.28. The quantitative estimate of drug-likeness (QED) is 0.398. The van der Waals surface area contributed by atoms with Crippen LogP contribution in [0.5, 0.6) is 0 Å². The maximum Gasteiger partial charge on any atom is 0.0452 e. The summed E-state index contributed by atoms with van der Waals surface area (Å²) in [7, 11) is 0. The third-order valence-corrected chi connectivity index (χ3v) is 4.08. The van der Waals surface area contributed by atoms with E-state index in [0.29, 0.717) is 0 Å². The fourth-order valence-electron chi connectivity index (χ4n) is 1.83. The van der Waals surface area contributed by atoms with Gasteiger partial charge in [0.2, 0.25) is 0 Å². The normalized spacial score (nSPS) is 10.7. The molecule has 0 aliphatic rings. The van der Waals surface area contributed by atoms with Crippen molar-refractivity contribution in [2.75, 3.05) is 11.5 Å². The van der Waals surface area contributed by atoms with Crippen molar-refractivity contribution in [3.05, 3.63) is 23.8 Å². The molecule has 0 saturated carbocycles. The van der Waals surface area contributed by atoms with Gasteiger partial charge in [-0.3, -0.25) is 0 Å². The molecule has 1 aromatic rings. The molecule has 0 aromatic heterocycles. The fraction of sp³-hybridized carbons (Fsp3) is 0.600. The number of benzene rings is 1. The Bertz CT molecular complexity index is 323. The van der Waals surface area contributed by atoms with E-state index in [9.17, 15) is 0 Å². The molecule has 0 bridgehead atoms. The lowest BCUT2D eigenvalue weighted by Crippen LogP contribution is -1.90. The third-order valence-electron chi connectivity index (χ3n) is 2.92.